The van der Waals surface area contributed by atoms with Gasteiger partial charge in [-0.25, -0.2) is 0 Å². The van der Waals surface area contributed by atoms with E-state index in [0.29, 0.717) is 5.92 Å². The third-order valence-electron chi connectivity index (χ3n) is 3.34. The Morgan fingerprint density at radius 3 is 2.28 bits per heavy atom. The van der Waals surface area contributed by atoms with Crippen LogP contribution in [0.5, 0.6) is 0 Å². The van der Waals surface area contributed by atoms with E-state index in [9.17, 15) is 0 Å². The fourth-order valence-electron chi connectivity index (χ4n) is 2.32. The Kier molecular flexibility index (Phi) is 3.42. The second-order valence-corrected chi connectivity index (χ2v) is 4.57. The van der Waals surface area contributed by atoms with Gasteiger partial charge in [0.1, 0.15) is 0 Å². The first-order valence-electron chi connectivity index (χ1n) is 6.40. The smallest absolute Gasteiger partial charge is 0.0540 e. The van der Waals surface area contributed by atoms with Gasteiger partial charge in [-0.1, -0.05) is 54.6 Å². The van der Waals surface area contributed by atoms with Crippen molar-refractivity contribution in [2.24, 2.45) is 0 Å². The highest BCUT2D eigenvalue weighted by molar-refractivity contribution is 5.63. The Hall–Kier alpha value is -1.60. The zero-order chi connectivity index (χ0) is 12.2. The van der Waals surface area contributed by atoms with Crippen molar-refractivity contribution in [1.82, 2.24) is 0 Å². The van der Waals surface area contributed by atoms with Gasteiger partial charge in [0.2, 0.25) is 0 Å². The molecule has 1 heteroatoms. The Balaban J connectivity index is 1.80. The molecule has 2 radical (unpaired) electrons. The minimum Gasteiger partial charge on any atom is -0.381 e. The lowest BCUT2D eigenvalue weighted by Gasteiger charge is -2.21. The molecule has 1 heterocycles. The van der Waals surface area contributed by atoms with Crippen LogP contribution in [0.2, 0.25) is 0 Å². The van der Waals surface area contributed by atoms with E-state index in [1.165, 1.54) is 16.7 Å². The first-order valence-corrected chi connectivity index (χ1v) is 6.40. The molecule has 2 aromatic carbocycles. The molecule has 0 aromatic heterocycles. The molecule has 90 valence electrons. The lowest BCUT2D eigenvalue weighted by atomic mass is 9.92. The summed E-state index contributed by atoms with van der Waals surface area (Å²) in [7, 11) is 0. The number of rotatable bonds is 2. The van der Waals surface area contributed by atoms with Crippen molar-refractivity contribution >= 4 is 0 Å². The van der Waals surface area contributed by atoms with E-state index in [2.05, 4.69) is 55.0 Å². The van der Waals surface area contributed by atoms with Gasteiger partial charge in [0.25, 0.3) is 0 Å². The second kappa shape index (κ2) is 5.36. The monoisotopic (exact) mass is 236 g/mol. The van der Waals surface area contributed by atoms with E-state index in [1.54, 1.807) is 0 Å². The summed E-state index contributed by atoms with van der Waals surface area (Å²) >= 11 is 0. The van der Waals surface area contributed by atoms with Crippen molar-refractivity contribution in [3.05, 3.63) is 66.6 Å². The van der Waals surface area contributed by atoms with Crippen LogP contribution in [-0.2, 0) is 4.74 Å². The molecule has 0 spiro atoms. The molecule has 18 heavy (non-hydrogen) atoms. The predicted molar refractivity (Wildman–Crippen MR) is 73.3 cm³/mol. The van der Waals surface area contributed by atoms with Crippen LogP contribution in [0.25, 0.3) is 11.1 Å². The van der Waals surface area contributed by atoms with Crippen LogP contribution in [0, 0.1) is 6.42 Å². The van der Waals surface area contributed by atoms with Crippen molar-refractivity contribution in [3.8, 4) is 11.1 Å². The summed E-state index contributed by atoms with van der Waals surface area (Å²) in [5.74, 6) is 0.337. The molecule has 0 N–H and O–H groups in total. The molecule has 1 fully saturated rings. The Morgan fingerprint density at radius 1 is 0.889 bits per heavy atom. The maximum absolute atomic E-state index is 5.49. The van der Waals surface area contributed by atoms with Gasteiger partial charge in [0, 0.05) is 12.5 Å². The summed E-state index contributed by atoms with van der Waals surface area (Å²) in [4.78, 5) is 0. The van der Waals surface area contributed by atoms with Crippen LogP contribution in [0.4, 0.5) is 0 Å². The molecule has 1 aliphatic heterocycles. The molecule has 2 aromatic rings. The lowest BCUT2D eigenvalue weighted by molar-refractivity contribution is 0.103. The van der Waals surface area contributed by atoms with Crippen LogP contribution in [0.15, 0.2) is 54.6 Å². The molecule has 1 nitrogen and oxygen atoms in total. The molecule has 3 rings (SSSR count). The van der Waals surface area contributed by atoms with Crippen LogP contribution in [0.3, 0.4) is 0 Å². The summed E-state index contributed by atoms with van der Waals surface area (Å²) in [5, 5.41) is 0. The number of ether oxygens (including phenoxy) is 1. The van der Waals surface area contributed by atoms with Gasteiger partial charge in [-0.15, -0.1) is 0 Å². The zero-order valence-electron chi connectivity index (χ0n) is 10.3. The van der Waals surface area contributed by atoms with E-state index in [4.69, 9.17) is 4.74 Å². The zero-order valence-corrected chi connectivity index (χ0v) is 10.3. The van der Waals surface area contributed by atoms with Crippen molar-refractivity contribution < 1.29 is 4.74 Å². The van der Waals surface area contributed by atoms with Crippen LogP contribution >= 0.6 is 0 Å². The average molecular weight is 236 g/mol. The molecule has 1 saturated heterocycles. The Bertz CT molecular complexity index is 481. The lowest BCUT2D eigenvalue weighted by Crippen LogP contribution is -2.15. The summed E-state index contributed by atoms with van der Waals surface area (Å²) in [5.41, 5.74) is 3.82. The Morgan fingerprint density at radius 2 is 1.61 bits per heavy atom. The minimum absolute atomic E-state index is 0.337. The van der Waals surface area contributed by atoms with Crippen LogP contribution in [-0.4, -0.2) is 13.2 Å². The highest BCUT2D eigenvalue weighted by atomic mass is 16.5. The summed E-state index contributed by atoms with van der Waals surface area (Å²) in [6, 6.07) is 19.2. The summed E-state index contributed by atoms with van der Waals surface area (Å²) in [6.07, 6.45) is 4.41. The maximum atomic E-state index is 5.49. The fourth-order valence-corrected chi connectivity index (χ4v) is 2.32. The highest BCUT2D eigenvalue weighted by Gasteiger charge is 2.16. The molecular weight excluding hydrogens is 220 g/mol. The number of benzene rings is 2. The van der Waals surface area contributed by atoms with Gasteiger partial charge in [0.05, 0.1) is 6.61 Å². The van der Waals surface area contributed by atoms with Gasteiger partial charge in [0.15, 0.2) is 0 Å². The van der Waals surface area contributed by atoms with Crippen LogP contribution in [0.1, 0.15) is 17.9 Å². The van der Waals surface area contributed by atoms with Crippen molar-refractivity contribution in [3.63, 3.8) is 0 Å². The minimum atomic E-state index is 0.337. The topological polar surface area (TPSA) is 9.23 Å². The van der Waals surface area contributed by atoms with Crippen LogP contribution < -0.4 is 0 Å². The molecule has 1 aliphatic rings. The van der Waals surface area contributed by atoms with E-state index in [0.717, 1.165) is 19.6 Å². The SMILES string of the molecule is [C]1CCOCC1c1ccc(-c2ccccc2)cc1. The molecule has 1 atom stereocenters. The highest BCUT2D eigenvalue weighted by Crippen LogP contribution is 2.27. The third kappa shape index (κ3) is 2.46. The van der Waals surface area contributed by atoms with Crippen molar-refractivity contribution in [1.29, 1.82) is 0 Å². The maximum Gasteiger partial charge on any atom is 0.0540 e. The number of hydrogen-bond acceptors (Lipinski definition) is 1. The Labute approximate surface area is 108 Å². The van der Waals surface area contributed by atoms with E-state index in [1.807, 2.05) is 6.07 Å². The van der Waals surface area contributed by atoms with Crippen molar-refractivity contribution in [2.45, 2.75) is 12.3 Å². The van der Waals surface area contributed by atoms with Gasteiger partial charge in [-0.05, 0) is 29.5 Å². The molecule has 1 unspecified atom stereocenters. The predicted octanol–water partition coefficient (Wildman–Crippen LogP) is 3.94. The van der Waals surface area contributed by atoms with E-state index in [-0.39, 0.29) is 0 Å². The standard InChI is InChI=1S/C17H16O/c1-2-5-14(6-3-1)15-8-10-16(11-9-15)17-7-4-12-18-13-17/h1-3,5-6,8-11,17H,4,12-13H2. The largest absolute Gasteiger partial charge is 0.381 e. The van der Waals surface area contributed by atoms with Gasteiger partial charge in [-0.3, -0.25) is 0 Å². The van der Waals surface area contributed by atoms with E-state index >= 15 is 0 Å². The fraction of sp³-hybridized carbons (Fsp3) is 0.235. The normalized spacial score (nSPS) is 19.7. The summed E-state index contributed by atoms with van der Waals surface area (Å²) < 4.78 is 5.49. The number of hydrogen-bond donors (Lipinski definition) is 0. The quantitative estimate of drug-likeness (QED) is 0.767. The first kappa shape index (κ1) is 11.5. The average Bonchev–Trinajstić information content (AvgIpc) is 2.49. The third-order valence-corrected chi connectivity index (χ3v) is 3.34. The van der Waals surface area contributed by atoms with Gasteiger partial charge >= 0.3 is 0 Å². The molecule has 0 amide bonds. The molecule has 0 saturated carbocycles. The molecule has 0 aliphatic carbocycles. The summed E-state index contributed by atoms with van der Waals surface area (Å²) in [6.45, 7) is 1.59. The van der Waals surface area contributed by atoms with Gasteiger partial charge in [-0.2, -0.15) is 0 Å². The van der Waals surface area contributed by atoms with Crippen molar-refractivity contribution in [2.75, 3.05) is 13.2 Å². The molecular formula is C17H16O. The molecule has 0 bridgehead atoms. The first-order chi connectivity index (χ1) is 8.93. The second-order valence-electron chi connectivity index (χ2n) is 4.57. The van der Waals surface area contributed by atoms with E-state index < -0.39 is 0 Å². The van der Waals surface area contributed by atoms with Gasteiger partial charge < -0.3 is 4.74 Å².